The second-order valence-corrected chi connectivity index (χ2v) is 3.44. The van der Waals surface area contributed by atoms with Crippen LogP contribution in [0.4, 0.5) is 5.95 Å². The van der Waals surface area contributed by atoms with Crippen LogP contribution in [-0.4, -0.2) is 36.6 Å². The van der Waals surface area contributed by atoms with Gasteiger partial charge in [0.15, 0.2) is 11.2 Å². The van der Waals surface area contributed by atoms with Gasteiger partial charge in [0.2, 0.25) is 11.9 Å². The van der Waals surface area contributed by atoms with Crippen molar-refractivity contribution in [3.8, 4) is 0 Å². The number of aromatic nitrogens is 4. The predicted octanol–water partition coefficient (Wildman–Crippen LogP) is -2.45. The number of imidazole rings is 1. The van der Waals surface area contributed by atoms with Crippen molar-refractivity contribution in [3.05, 3.63) is 16.7 Å². The van der Waals surface area contributed by atoms with Crippen LogP contribution in [0, 0.1) is 0 Å². The summed E-state index contributed by atoms with van der Waals surface area (Å²) in [6.45, 7) is -0.166. The summed E-state index contributed by atoms with van der Waals surface area (Å²) >= 11 is 0. The van der Waals surface area contributed by atoms with E-state index >= 15 is 0 Å². The lowest BCUT2D eigenvalue weighted by atomic mass is 10.3. The van der Waals surface area contributed by atoms with Crippen molar-refractivity contribution in [3.63, 3.8) is 0 Å². The molecular weight excluding hydrogens is 228 g/mol. The number of carbonyl (C=O) groups is 1. The van der Waals surface area contributed by atoms with Crippen LogP contribution in [0.2, 0.25) is 0 Å². The second-order valence-electron chi connectivity index (χ2n) is 3.44. The number of nitrogen functional groups attached to an aromatic ring is 1. The lowest BCUT2D eigenvalue weighted by Gasteiger charge is -2.07. The van der Waals surface area contributed by atoms with Crippen molar-refractivity contribution in [2.24, 2.45) is 5.73 Å². The molecule has 0 bridgehead atoms. The number of nitrogens with two attached hydrogens (primary N) is 2. The second kappa shape index (κ2) is 3.87. The third-order valence-electron chi connectivity index (χ3n) is 2.20. The fraction of sp³-hybridized carbons (Fsp3) is 0.250. The molecule has 0 aliphatic heterocycles. The Bertz CT molecular complexity index is 630. The predicted molar refractivity (Wildman–Crippen MR) is 57.8 cm³/mol. The van der Waals surface area contributed by atoms with Crippen LogP contribution in [0.15, 0.2) is 11.1 Å². The number of H-pyrrole nitrogens is 1. The van der Waals surface area contributed by atoms with Crippen molar-refractivity contribution in [1.29, 1.82) is 0 Å². The fourth-order valence-electron chi connectivity index (χ4n) is 1.42. The molecule has 1 amide bonds. The number of fused-ring (bicyclic) bond motifs is 1. The van der Waals surface area contributed by atoms with Crippen LogP contribution in [0.1, 0.15) is 0 Å². The lowest BCUT2D eigenvalue weighted by Crippen LogP contribution is -2.32. The van der Waals surface area contributed by atoms with Gasteiger partial charge in [0.05, 0.1) is 12.9 Å². The molecule has 0 aliphatic rings. The quantitative estimate of drug-likeness (QED) is 0.465. The first-order valence-corrected chi connectivity index (χ1v) is 4.67. The lowest BCUT2D eigenvalue weighted by molar-refractivity contribution is -0.126. The van der Waals surface area contributed by atoms with Gasteiger partial charge in [0.25, 0.3) is 5.56 Å². The molecule has 0 saturated heterocycles. The summed E-state index contributed by atoms with van der Waals surface area (Å²) in [6.07, 6.45) is -0.122. The van der Waals surface area contributed by atoms with Crippen LogP contribution in [0.5, 0.6) is 0 Å². The highest BCUT2D eigenvalue weighted by atomic mass is 16.3. The van der Waals surface area contributed by atoms with Crippen LogP contribution < -0.4 is 17.0 Å². The molecule has 90 valence electrons. The summed E-state index contributed by atoms with van der Waals surface area (Å²) < 4.78 is 1.29. The first kappa shape index (κ1) is 11.1. The average Bonchev–Trinajstić information content (AvgIpc) is 2.60. The third-order valence-corrected chi connectivity index (χ3v) is 2.20. The fourth-order valence-corrected chi connectivity index (χ4v) is 1.42. The number of carbonyl (C=O) groups excluding carboxylic acids is 1. The van der Waals surface area contributed by atoms with E-state index in [-0.39, 0.29) is 23.7 Å². The Morgan fingerprint density at radius 2 is 2.35 bits per heavy atom. The summed E-state index contributed by atoms with van der Waals surface area (Å²) in [6, 6.07) is 0. The molecule has 2 rings (SSSR count). The van der Waals surface area contributed by atoms with Crippen LogP contribution in [0.3, 0.4) is 0 Å². The number of amides is 1. The van der Waals surface area contributed by atoms with Gasteiger partial charge in [-0.2, -0.15) is 4.98 Å². The number of hydrogen-bond acceptors (Lipinski definition) is 6. The smallest absolute Gasteiger partial charge is 0.278 e. The minimum absolute atomic E-state index is 0.0526. The van der Waals surface area contributed by atoms with Gasteiger partial charge in [0.1, 0.15) is 6.10 Å². The monoisotopic (exact) mass is 238 g/mol. The maximum atomic E-state index is 11.6. The minimum Gasteiger partial charge on any atom is -0.381 e. The molecule has 0 saturated carbocycles. The zero-order valence-electron chi connectivity index (χ0n) is 8.62. The number of nitrogens with zero attached hydrogens (tertiary/aromatic N) is 3. The van der Waals surface area contributed by atoms with E-state index in [0.29, 0.717) is 0 Å². The Morgan fingerprint density at radius 1 is 1.65 bits per heavy atom. The molecule has 2 aromatic heterocycles. The Balaban J connectivity index is 2.50. The van der Waals surface area contributed by atoms with E-state index in [2.05, 4.69) is 15.0 Å². The normalized spacial score (nSPS) is 12.8. The molecule has 1 atom stereocenters. The first-order valence-electron chi connectivity index (χ1n) is 4.67. The van der Waals surface area contributed by atoms with Crippen molar-refractivity contribution < 1.29 is 9.90 Å². The van der Waals surface area contributed by atoms with E-state index in [1.807, 2.05) is 0 Å². The molecule has 6 N–H and O–H groups in total. The summed E-state index contributed by atoms with van der Waals surface area (Å²) in [5.74, 6) is -0.935. The van der Waals surface area contributed by atoms with E-state index in [1.54, 1.807) is 0 Å². The average molecular weight is 238 g/mol. The van der Waals surface area contributed by atoms with Gasteiger partial charge >= 0.3 is 0 Å². The minimum atomic E-state index is -1.40. The molecule has 0 spiro atoms. The summed E-state index contributed by atoms with van der Waals surface area (Å²) in [7, 11) is 0. The molecule has 0 unspecified atom stereocenters. The van der Waals surface area contributed by atoms with E-state index in [0.717, 1.165) is 0 Å². The van der Waals surface area contributed by atoms with E-state index in [4.69, 9.17) is 11.5 Å². The largest absolute Gasteiger partial charge is 0.381 e. The molecule has 2 aromatic rings. The van der Waals surface area contributed by atoms with Crippen LogP contribution in [0.25, 0.3) is 11.2 Å². The van der Waals surface area contributed by atoms with Crippen molar-refractivity contribution in [1.82, 2.24) is 19.5 Å². The maximum absolute atomic E-state index is 11.6. The highest BCUT2D eigenvalue weighted by Gasteiger charge is 2.15. The van der Waals surface area contributed by atoms with Crippen molar-refractivity contribution in [2.75, 3.05) is 5.73 Å². The van der Waals surface area contributed by atoms with E-state index < -0.39 is 17.6 Å². The Kier molecular flexibility index (Phi) is 2.52. The molecule has 0 radical (unpaired) electrons. The van der Waals surface area contributed by atoms with Gasteiger partial charge < -0.3 is 21.1 Å². The Hall–Kier alpha value is -2.42. The molecule has 9 heteroatoms. The summed E-state index contributed by atoms with van der Waals surface area (Å²) in [5, 5.41) is 9.32. The number of rotatable bonds is 3. The molecule has 0 aliphatic carbocycles. The summed E-state index contributed by atoms with van der Waals surface area (Å²) in [5.41, 5.74) is 10.0. The van der Waals surface area contributed by atoms with Crippen molar-refractivity contribution >= 4 is 23.0 Å². The number of primary amides is 1. The van der Waals surface area contributed by atoms with Crippen molar-refractivity contribution in [2.45, 2.75) is 12.6 Å². The molecular formula is C8H10N6O3. The standard InChI is InChI=1S/C8H10N6O3/c9-5(16)3(15)1-14-2-11-6-4(14)7(17)13-8(10)12-6/h2-3,15H,1H2,(H2,9,16)(H3,10,12,13,17)/t3-/m0/s1. The maximum Gasteiger partial charge on any atom is 0.278 e. The third kappa shape index (κ3) is 1.95. The van der Waals surface area contributed by atoms with E-state index in [1.165, 1.54) is 10.9 Å². The van der Waals surface area contributed by atoms with Gasteiger partial charge in [0, 0.05) is 0 Å². The number of anilines is 1. The van der Waals surface area contributed by atoms with Gasteiger partial charge in [-0.05, 0) is 0 Å². The number of hydrogen-bond donors (Lipinski definition) is 4. The van der Waals surface area contributed by atoms with Gasteiger partial charge in [-0.3, -0.25) is 14.6 Å². The zero-order chi connectivity index (χ0) is 12.6. The molecule has 0 aromatic carbocycles. The van der Waals surface area contributed by atoms with Crippen LogP contribution >= 0.6 is 0 Å². The Morgan fingerprint density at radius 3 is 3.00 bits per heavy atom. The highest BCUT2D eigenvalue weighted by Crippen LogP contribution is 2.06. The first-order chi connectivity index (χ1) is 7.99. The molecule has 2 heterocycles. The SMILES string of the molecule is NC(=O)[C@@H](O)Cn1cnc2nc(N)[nH]c(=O)c21. The number of aromatic amines is 1. The van der Waals surface area contributed by atoms with E-state index in [9.17, 15) is 14.7 Å². The van der Waals surface area contributed by atoms with Gasteiger partial charge in [-0.15, -0.1) is 0 Å². The van der Waals surface area contributed by atoms with Gasteiger partial charge in [-0.25, -0.2) is 4.98 Å². The number of aliphatic hydroxyl groups excluding tert-OH is 1. The zero-order valence-corrected chi connectivity index (χ0v) is 8.62. The summed E-state index contributed by atoms with van der Waals surface area (Å²) in [4.78, 5) is 32.3. The molecule has 17 heavy (non-hydrogen) atoms. The molecule has 9 nitrogen and oxygen atoms in total. The Labute approximate surface area is 94.1 Å². The van der Waals surface area contributed by atoms with Crippen LogP contribution in [-0.2, 0) is 11.3 Å². The molecule has 0 fully saturated rings. The van der Waals surface area contributed by atoms with Gasteiger partial charge in [-0.1, -0.05) is 0 Å². The topological polar surface area (TPSA) is 153 Å². The number of nitrogens with one attached hydrogen (secondary N) is 1. The highest BCUT2D eigenvalue weighted by molar-refractivity contribution is 5.79. The number of aliphatic hydroxyl groups is 1.